The summed E-state index contributed by atoms with van der Waals surface area (Å²) in [5, 5.41) is 12.5. The molecule has 0 aliphatic rings. The van der Waals surface area contributed by atoms with Crippen LogP contribution in [0.15, 0.2) is 30.3 Å². The zero-order valence-electron chi connectivity index (χ0n) is 13.7. The molecule has 3 N–H and O–H groups in total. The number of halogens is 8. The number of amides is 2. The normalized spacial score (nSPS) is 11.9. The number of hydrogen-bond acceptors (Lipinski definition) is 2. The van der Waals surface area contributed by atoms with Gasteiger partial charge in [-0.25, -0.2) is 9.59 Å². The Kier molecular flexibility index (Phi) is 6.24. The third-order valence-corrected chi connectivity index (χ3v) is 3.89. The van der Waals surface area contributed by atoms with E-state index >= 15 is 0 Å². The standard InChI is InChI=1S/C16H8Cl2F6N2O3/c17-8-4-10(13(27)28)12(11(18)5-8)26-14(29)25-9-2-6(15(19,20)21)1-7(3-9)16(22,23)24/h1-5H,(H,27,28)(H2,25,26,29). The number of rotatable bonds is 3. The van der Waals surface area contributed by atoms with Crippen LogP contribution in [0.2, 0.25) is 10.0 Å². The topological polar surface area (TPSA) is 78.4 Å². The Morgan fingerprint density at radius 2 is 1.34 bits per heavy atom. The van der Waals surface area contributed by atoms with Crippen LogP contribution in [0.5, 0.6) is 0 Å². The van der Waals surface area contributed by atoms with Crippen molar-refractivity contribution < 1.29 is 41.0 Å². The number of anilines is 2. The smallest absolute Gasteiger partial charge is 0.416 e. The molecule has 156 valence electrons. The molecule has 2 aromatic rings. The number of carbonyl (C=O) groups is 2. The molecule has 0 saturated heterocycles. The highest BCUT2D eigenvalue weighted by Crippen LogP contribution is 2.37. The Bertz CT molecular complexity index is 944. The van der Waals surface area contributed by atoms with Crippen LogP contribution in [0.3, 0.4) is 0 Å². The number of benzene rings is 2. The second kappa shape index (κ2) is 7.99. The van der Waals surface area contributed by atoms with Crippen molar-refractivity contribution in [1.29, 1.82) is 0 Å². The molecule has 0 bridgehead atoms. The lowest BCUT2D eigenvalue weighted by atomic mass is 10.1. The van der Waals surface area contributed by atoms with E-state index in [2.05, 4.69) is 0 Å². The van der Waals surface area contributed by atoms with Crippen molar-refractivity contribution in [3.63, 3.8) is 0 Å². The number of carboxylic acid groups (broad SMARTS) is 1. The maximum absolute atomic E-state index is 12.9. The first-order chi connectivity index (χ1) is 13.2. The molecule has 2 aromatic carbocycles. The number of carboxylic acids is 1. The van der Waals surface area contributed by atoms with Gasteiger partial charge in [-0.2, -0.15) is 26.3 Å². The number of aromatic carboxylic acids is 1. The van der Waals surface area contributed by atoms with Crippen molar-refractivity contribution >= 4 is 46.6 Å². The van der Waals surface area contributed by atoms with Gasteiger partial charge in [-0.3, -0.25) is 0 Å². The van der Waals surface area contributed by atoms with Crippen LogP contribution >= 0.6 is 23.2 Å². The van der Waals surface area contributed by atoms with E-state index in [0.717, 1.165) is 12.1 Å². The Hall–Kier alpha value is -2.66. The summed E-state index contributed by atoms with van der Waals surface area (Å²) in [5.41, 5.74) is -5.11. The molecule has 0 heterocycles. The molecule has 13 heteroatoms. The summed E-state index contributed by atoms with van der Waals surface area (Å²) >= 11 is 11.5. The molecule has 0 aromatic heterocycles. The zero-order valence-corrected chi connectivity index (χ0v) is 15.2. The van der Waals surface area contributed by atoms with E-state index in [0.29, 0.717) is 0 Å². The molecule has 0 unspecified atom stereocenters. The van der Waals surface area contributed by atoms with Gasteiger partial charge in [0.05, 0.1) is 27.4 Å². The molecular weight excluding hydrogens is 453 g/mol. The number of urea groups is 1. The molecule has 0 saturated carbocycles. The minimum absolute atomic E-state index is 0.0777. The summed E-state index contributed by atoms with van der Waals surface area (Å²) in [6.07, 6.45) is -10.2. The van der Waals surface area contributed by atoms with E-state index in [9.17, 15) is 35.9 Å². The third-order valence-electron chi connectivity index (χ3n) is 3.37. The third kappa shape index (κ3) is 5.67. The van der Waals surface area contributed by atoms with E-state index in [1.165, 1.54) is 0 Å². The van der Waals surface area contributed by atoms with Crippen molar-refractivity contribution in [2.45, 2.75) is 12.4 Å². The predicted octanol–water partition coefficient (Wildman–Crippen LogP) is 6.37. The van der Waals surface area contributed by atoms with E-state index in [4.69, 9.17) is 28.3 Å². The molecule has 0 aliphatic carbocycles. The summed E-state index contributed by atoms with van der Waals surface area (Å²) in [6, 6.07) is 1.16. The quantitative estimate of drug-likeness (QED) is 0.465. The summed E-state index contributed by atoms with van der Waals surface area (Å²) in [5.74, 6) is -1.54. The minimum atomic E-state index is -5.11. The lowest BCUT2D eigenvalue weighted by Gasteiger charge is -2.16. The van der Waals surface area contributed by atoms with E-state index in [1.54, 1.807) is 5.32 Å². The highest BCUT2D eigenvalue weighted by molar-refractivity contribution is 6.38. The predicted molar refractivity (Wildman–Crippen MR) is 92.5 cm³/mol. The molecule has 29 heavy (non-hydrogen) atoms. The maximum atomic E-state index is 12.9. The van der Waals surface area contributed by atoms with Crippen LogP contribution in [-0.2, 0) is 12.4 Å². The molecule has 0 fully saturated rings. The molecule has 0 spiro atoms. The lowest BCUT2D eigenvalue weighted by Crippen LogP contribution is -2.22. The monoisotopic (exact) mass is 460 g/mol. The van der Waals surface area contributed by atoms with E-state index in [1.807, 2.05) is 5.32 Å². The summed E-state index contributed by atoms with van der Waals surface area (Å²) in [4.78, 5) is 23.3. The first-order valence-electron chi connectivity index (χ1n) is 7.28. The highest BCUT2D eigenvalue weighted by Gasteiger charge is 2.37. The second-order valence-corrected chi connectivity index (χ2v) is 6.33. The van der Waals surface area contributed by atoms with E-state index < -0.39 is 52.4 Å². The molecule has 2 amide bonds. The fourth-order valence-corrected chi connectivity index (χ4v) is 2.71. The fraction of sp³-hybridized carbons (Fsp3) is 0.125. The van der Waals surface area contributed by atoms with Crippen LogP contribution in [0.1, 0.15) is 21.5 Å². The van der Waals surface area contributed by atoms with Gasteiger partial charge in [-0.1, -0.05) is 23.2 Å². The summed E-state index contributed by atoms with van der Waals surface area (Å²) in [7, 11) is 0. The van der Waals surface area contributed by atoms with Gasteiger partial charge in [0, 0.05) is 10.7 Å². The maximum Gasteiger partial charge on any atom is 0.416 e. The Morgan fingerprint density at radius 1 is 0.828 bits per heavy atom. The van der Waals surface area contributed by atoms with Gasteiger partial charge in [0.25, 0.3) is 0 Å². The highest BCUT2D eigenvalue weighted by atomic mass is 35.5. The van der Waals surface area contributed by atoms with Crippen LogP contribution < -0.4 is 10.6 Å². The van der Waals surface area contributed by atoms with Crippen molar-refractivity contribution in [3.8, 4) is 0 Å². The van der Waals surface area contributed by atoms with Gasteiger partial charge in [-0.15, -0.1) is 0 Å². The van der Waals surface area contributed by atoms with Gasteiger partial charge in [-0.05, 0) is 30.3 Å². The van der Waals surface area contributed by atoms with Crippen molar-refractivity contribution in [2.24, 2.45) is 0 Å². The molecule has 5 nitrogen and oxygen atoms in total. The molecule has 0 radical (unpaired) electrons. The Morgan fingerprint density at radius 3 is 1.79 bits per heavy atom. The first-order valence-corrected chi connectivity index (χ1v) is 8.04. The van der Waals surface area contributed by atoms with Crippen LogP contribution in [0, 0.1) is 0 Å². The van der Waals surface area contributed by atoms with Gasteiger partial charge in [0.1, 0.15) is 0 Å². The van der Waals surface area contributed by atoms with Crippen LogP contribution in [-0.4, -0.2) is 17.1 Å². The van der Waals surface area contributed by atoms with Gasteiger partial charge in [0.15, 0.2) is 0 Å². The van der Waals surface area contributed by atoms with Crippen molar-refractivity contribution in [3.05, 3.63) is 57.1 Å². The first kappa shape index (κ1) is 22.6. The minimum Gasteiger partial charge on any atom is -0.478 e. The SMILES string of the molecule is O=C(Nc1cc(C(F)(F)F)cc(C(F)(F)F)c1)Nc1c(Cl)cc(Cl)cc1C(=O)O. The average molecular weight is 461 g/mol. The van der Waals surface area contributed by atoms with Crippen LogP contribution in [0.4, 0.5) is 42.5 Å². The molecule has 2 rings (SSSR count). The molecule has 0 aliphatic heterocycles. The Balaban J connectivity index is 2.38. The molecule has 0 atom stereocenters. The zero-order chi connectivity index (χ0) is 22.1. The number of nitrogens with one attached hydrogen (secondary N) is 2. The number of hydrogen-bond donors (Lipinski definition) is 3. The summed E-state index contributed by atoms with van der Waals surface area (Å²) in [6.45, 7) is 0. The lowest BCUT2D eigenvalue weighted by molar-refractivity contribution is -0.143. The number of carbonyl (C=O) groups excluding carboxylic acids is 1. The fourth-order valence-electron chi connectivity index (χ4n) is 2.17. The van der Waals surface area contributed by atoms with E-state index in [-0.39, 0.29) is 28.2 Å². The average Bonchev–Trinajstić information content (AvgIpc) is 2.55. The van der Waals surface area contributed by atoms with Crippen molar-refractivity contribution in [1.82, 2.24) is 0 Å². The van der Waals surface area contributed by atoms with Gasteiger partial charge >= 0.3 is 24.4 Å². The van der Waals surface area contributed by atoms with Crippen molar-refractivity contribution in [2.75, 3.05) is 10.6 Å². The summed E-state index contributed by atoms with van der Waals surface area (Å²) < 4.78 is 77.2. The molecular formula is C16H8Cl2F6N2O3. The van der Waals surface area contributed by atoms with Gasteiger partial charge in [0.2, 0.25) is 0 Å². The van der Waals surface area contributed by atoms with Gasteiger partial charge < -0.3 is 15.7 Å². The second-order valence-electron chi connectivity index (χ2n) is 5.49. The van der Waals surface area contributed by atoms with Crippen LogP contribution in [0.25, 0.3) is 0 Å². The number of alkyl halides is 6. The largest absolute Gasteiger partial charge is 0.478 e. The Labute approximate surface area is 168 Å².